The van der Waals surface area contributed by atoms with Gasteiger partial charge in [0.05, 0.1) is 9.79 Å². The predicted molar refractivity (Wildman–Crippen MR) is 141 cm³/mol. The number of nitrogens with one attached hydrogen (secondary N) is 1. The normalized spacial score (nSPS) is 16.9. The number of aryl methyl sites for hydroxylation is 1. The first-order valence-corrected chi connectivity index (χ1v) is 14.6. The average Bonchev–Trinajstić information content (AvgIpc) is 3.20. The van der Waals surface area contributed by atoms with Gasteiger partial charge in [-0.2, -0.15) is 0 Å². The SMILES string of the molecule is Cc1ccc(S(=O)(=O)c2cn(CC(=O)NC3CCCCCCCCCCC3)c3ccccc23)cc1. The van der Waals surface area contributed by atoms with E-state index < -0.39 is 9.84 Å². The van der Waals surface area contributed by atoms with Crippen LogP contribution in [0, 0.1) is 6.92 Å². The number of rotatable bonds is 5. The summed E-state index contributed by atoms with van der Waals surface area (Å²) < 4.78 is 28.7. The van der Waals surface area contributed by atoms with Gasteiger partial charge in [-0.05, 0) is 38.0 Å². The lowest BCUT2D eigenvalue weighted by molar-refractivity contribution is -0.122. The van der Waals surface area contributed by atoms with Gasteiger partial charge in [-0.1, -0.05) is 93.7 Å². The number of carbonyl (C=O) groups is 1. The molecule has 188 valence electrons. The molecular weight excluding hydrogens is 456 g/mol. The molecule has 1 amide bonds. The molecule has 1 heterocycles. The number of fused-ring (bicyclic) bond motifs is 1. The van der Waals surface area contributed by atoms with Crippen molar-refractivity contribution in [2.75, 3.05) is 0 Å². The minimum atomic E-state index is -3.70. The summed E-state index contributed by atoms with van der Waals surface area (Å²) >= 11 is 0. The zero-order valence-electron chi connectivity index (χ0n) is 20.8. The Balaban J connectivity index is 1.52. The summed E-state index contributed by atoms with van der Waals surface area (Å²) in [5.74, 6) is -0.0536. The van der Waals surface area contributed by atoms with Gasteiger partial charge in [0.25, 0.3) is 0 Å². The van der Waals surface area contributed by atoms with Crippen molar-refractivity contribution in [1.29, 1.82) is 0 Å². The van der Waals surface area contributed by atoms with Crippen LogP contribution in [0.1, 0.15) is 76.2 Å². The molecule has 6 heteroatoms. The highest BCUT2D eigenvalue weighted by molar-refractivity contribution is 7.91. The largest absolute Gasteiger partial charge is 0.352 e. The summed E-state index contributed by atoms with van der Waals surface area (Å²) in [4.78, 5) is 13.6. The van der Waals surface area contributed by atoms with Gasteiger partial charge in [0, 0.05) is 23.1 Å². The van der Waals surface area contributed by atoms with Gasteiger partial charge in [0.2, 0.25) is 15.7 Å². The van der Waals surface area contributed by atoms with E-state index in [2.05, 4.69) is 5.32 Å². The lowest BCUT2D eigenvalue weighted by Gasteiger charge is -2.20. The van der Waals surface area contributed by atoms with E-state index in [-0.39, 0.29) is 28.3 Å². The summed E-state index contributed by atoms with van der Waals surface area (Å²) in [6, 6.07) is 14.5. The van der Waals surface area contributed by atoms with Gasteiger partial charge in [0.15, 0.2) is 0 Å². The second kappa shape index (κ2) is 11.9. The van der Waals surface area contributed by atoms with E-state index >= 15 is 0 Å². The number of carbonyl (C=O) groups excluding carboxylic acids is 1. The van der Waals surface area contributed by atoms with Crippen LogP contribution >= 0.6 is 0 Å². The Kier molecular flexibility index (Phi) is 8.66. The maximum atomic E-state index is 13.4. The Morgan fingerprint density at radius 1 is 0.857 bits per heavy atom. The Hall–Kier alpha value is -2.60. The number of aromatic nitrogens is 1. The van der Waals surface area contributed by atoms with Crippen LogP contribution in [0.15, 0.2) is 64.5 Å². The molecule has 4 rings (SSSR count). The van der Waals surface area contributed by atoms with Crippen LogP contribution in [0.25, 0.3) is 10.9 Å². The number of sulfone groups is 1. The smallest absolute Gasteiger partial charge is 0.240 e. The van der Waals surface area contributed by atoms with Crippen LogP contribution < -0.4 is 5.32 Å². The molecule has 0 saturated heterocycles. The van der Waals surface area contributed by atoms with Crippen molar-refractivity contribution >= 4 is 26.6 Å². The minimum Gasteiger partial charge on any atom is -0.352 e. The van der Waals surface area contributed by atoms with Crippen molar-refractivity contribution < 1.29 is 13.2 Å². The van der Waals surface area contributed by atoms with Crippen molar-refractivity contribution in [1.82, 2.24) is 9.88 Å². The van der Waals surface area contributed by atoms with Gasteiger partial charge in [-0.3, -0.25) is 4.79 Å². The zero-order chi connectivity index (χ0) is 24.7. The highest BCUT2D eigenvalue weighted by Crippen LogP contribution is 2.30. The van der Waals surface area contributed by atoms with Crippen molar-refractivity contribution in [3.05, 3.63) is 60.3 Å². The summed E-state index contributed by atoms with van der Waals surface area (Å²) in [6.45, 7) is 2.05. The van der Waals surface area contributed by atoms with E-state index in [1.165, 1.54) is 44.9 Å². The molecule has 0 aliphatic heterocycles. The third-order valence-electron chi connectivity index (χ3n) is 7.16. The van der Waals surface area contributed by atoms with Crippen molar-refractivity contribution in [3.8, 4) is 0 Å². The van der Waals surface area contributed by atoms with Gasteiger partial charge in [-0.15, -0.1) is 0 Å². The van der Waals surface area contributed by atoms with Crippen molar-refractivity contribution in [2.24, 2.45) is 0 Å². The fourth-order valence-electron chi connectivity index (χ4n) is 5.14. The molecule has 1 N–H and O–H groups in total. The first-order valence-electron chi connectivity index (χ1n) is 13.1. The van der Waals surface area contributed by atoms with E-state index in [4.69, 9.17) is 0 Å². The number of hydrogen-bond acceptors (Lipinski definition) is 3. The number of benzene rings is 2. The highest BCUT2D eigenvalue weighted by atomic mass is 32.2. The monoisotopic (exact) mass is 494 g/mol. The molecule has 1 aliphatic carbocycles. The molecule has 0 spiro atoms. The summed E-state index contributed by atoms with van der Waals surface area (Å²) in [6.07, 6.45) is 15.0. The molecule has 3 aromatic rings. The summed E-state index contributed by atoms with van der Waals surface area (Å²) in [5.41, 5.74) is 1.77. The van der Waals surface area contributed by atoms with Gasteiger partial charge < -0.3 is 9.88 Å². The Morgan fingerprint density at radius 3 is 2.06 bits per heavy atom. The first-order chi connectivity index (χ1) is 16.9. The van der Waals surface area contributed by atoms with E-state index in [0.717, 1.165) is 36.8 Å². The molecule has 2 aromatic carbocycles. The van der Waals surface area contributed by atoms with E-state index in [1.54, 1.807) is 22.9 Å². The second-order valence-corrected chi connectivity index (χ2v) is 11.9. The number of para-hydroxylation sites is 1. The van der Waals surface area contributed by atoms with Crippen LogP contribution in [0.5, 0.6) is 0 Å². The summed E-state index contributed by atoms with van der Waals surface area (Å²) in [7, 11) is -3.70. The van der Waals surface area contributed by atoms with E-state index in [9.17, 15) is 13.2 Å². The predicted octanol–water partition coefficient (Wildman–Crippen LogP) is 6.57. The molecular formula is C29H38N2O3S. The average molecular weight is 495 g/mol. The van der Waals surface area contributed by atoms with Crippen molar-refractivity contribution in [2.45, 2.75) is 99.9 Å². The molecule has 1 fully saturated rings. The van der Waals surface area contributed by atoms with Gasteiger partial charge in [-0.25, -0.2) is 8.42 Å². The minimum absolute atomic E-state index is 0.0536. The second-order valence-electron chi connectivity index (χ2n) is 9.98. The number of nitrogens with zero attached hydrogens (tertiary/aromatic N) is 1. The third kappa shape index (κ3) is 6.54. The van der Waals surface area contributed by atoms with Crippen molar-refractivity contribution in [3.63, 3.8) is 0 Å². The first kappa shape index (κ1) is 25.5. The number of amides is 1. The van der Waals surface area contributed by atoms with Crippen LogP contribution in [0.2, 0.25) is 0 Å². The standard InChI is InChI=1S/C29H38N2O3S/c1-23-17-19-25(20-18-23)35(33,34)28-21-31(27-16-12-11-15-26(27)28)22-29(32)30-24-13-9-7-5-3-2-4-6-8-10-14-24/h11-12,15-21,24H,2-10,13-14,22H2,1H3,(H,30,32). The van der Waals surface area contributed by atoms with Crippen LogP contribution in [0.3, 0.4) is 0 Å². The Bertz CT molecular complexity index is 1220. The molecule has 5 nitrogen and oxygen atoms in total. The Morgan fingerprint density at radius 2 is 1.43 bits per heavy atom. The van der Waals surface area contributed by atoms with E-state index in [0.29, 0.717) is 5.39 Å². The lowest BCUT2D eigenvalue weighted by atomic mass is 9.98. The number of hydrogen-bond donors (Lipinski definition) is 1. The zero-order valence-corrected chi connectivity index (χ0v) is 21.7. The molecule has 35 heavy (non-hydrogen) atoms. The maximum Gasteiger partial charge on any atom is 0.240 e. The van der Waals surface area contributed by atoms with E-state index in [1.807, 2.05) is 43.3 Å². The molecule has 1 aliphatic rings. The molecule has 0 bridgehead atoms. The molecule has 1 aromatic heterocycles. The van der Waals surface area contributed by atoms with Crippen LogP contribution in [-0.4, -0.2) is 24.9 Å². The molecule has 1 saturated carbocycles. The lowest BCUT2D eigenvalue weighted by Crippen LogP contribution is -2.37. The molecule has 0 radical (unpaired) electrons. The van der Waals surface area contributed by atoms with Crippen LogP contribution in [0.4, 0.5) is 0 Å². The van der Waals surface area contributed by atoms with Gasteiger partial charge in [0.1, 0.15) is 6.54 Å². The third-order valence-corrected chi connectivity index (χ3v) is 8.95. The van der Waals surface area contributed by atoms with Crippen LogP contribution in [-0.2, 0) is 21.2 Å². The molecule has 0 atom stereocenters. The van der Waals surface area contributed by atoms with Gasteiger partial charge >= 0.3 is 0 Å². The topological polar surface area (TPSA) is 68.2 Å². The Labute approximate surface area is 209 Å². The summed E-state index contributed by atoms with van der Waals surface area (Å²) in [5, 5.41) is 3.91. The fourth-order valence-corrected chi connectivity index (χ4v) is 6.61. The fraction of sp³-hybridized carbons (Fsp3) is 0.483. The maximum absolute atomic E-state index is 13.4. The molecule has 0 unspecified atom stereocenters. The highest BCUT2D eigenvalue weighted by Gasteiger charge is 2.24. The quantitative estimate of drug-likeness (QED) is 0.436.